The van der Waals surface area contributed by atoms with Crippen molar-refractivity contribution in [2.75, 3.05) is 30.7 Å². The second kappa shape index (κ2) is 4.62. The lowest BCUT2D eigenvalue weighted by Gasteiger charge is -2.48. The monoisotopic (exact) mass is 352 g/mol. The van der Waals surface area contributed by atoms with Gasteiger partial charge >= 0.3 is 0 Å². The van der Waals surface area contributed by atoms with Gasteiger partial charge in [-0.3, -0.25) is 4.48 Å². The highest BCUT2D eigenvalue weighted by Gasteiger charge is 2.68. The van der Waals surface area contributed by atoms with Crippen LogP contribution >= 0.6 is 22.6 Å². The summed E-state index contributed by atoms with van der Waals surface area (Å²) in [7, 11) is 0. The molecule has 1 saturated carbocycles. The van der Waals surface area contributed by atoms with E-state index in [-0.39, 0.29) is 5.72 Å². The van der Waals surface area contributed by atoms with E-state index in [0.29, 0.717) is 12.6 Å². The summed E-state index contributed by atoms with van der Waals surface area (Å²) in [5, 5.41) is 9.50. The minimum absolute atomic E-state index is 0.0941. The topological polar surface area (TPSA) is 29.5 Å². The molecule has 3 nitrogen and oxygen atoms in total. The third-order valence-corrected chi connectivity index (χ3v) is 6.52. The van der Waals surface area contributed by atoms with E-state index >= 15 is 0 Å². The molecule has 0 bridgehead atoms. The van der Waals surface area contributed by atoms with Crippen molar-refractivity contribution in [2.24, 2.45) is 5.92 Å². The van der Waals surface area contributed by atoms with Crippen molar-refractivity contribution in [2.45, 2.75) is 43.9 Å². The summed E-state index contributed by atoms with van der Waals surface area (Å²) in [5.74, 6) is 0.755. The number of halogens is 1. The summed E-state index contributed by atoms with van der Waals surface area (Å²) in [6, 6.07) is 0.716. The van der Waals surface area contributed by atoms with Crippen LogP contribution in [0, 0.1) is 5.92 Å². The van der Waals surface area contributed by atoms with E-state index in [4.69, 9.17) is 4.74 Å². The fraction of sp³-hybridized carbons (Fsp3) is 1.00. The fourth-order valence-corrected chi connectivity index (χ4v) is 5.97. The van der Waals surface area contributed by atoms with Crippen molar-refractivity contribution in [1.82, 2.24) is 0 Å². The van der Waals surface area contributed by atoms with Crippen LogP contribution in [0.2, 0.25) is 0 Å². The van der Waals surface area contributed by atoms with Gasteiger partial charge in [0.2, 0.25) is 5.72 Å². The first kappa shape index (κ1) is 12.6. The van der Waals surface area contributed by atoms with Gasteiger partial charge < -0.3 is 9.84 Å². The molecule has 0 radical (unpaired) electrons. The zero-order chi connectivity index (χ0) is 11.9. The van der Waals surface area contributed by atoms with Crippen LogP contribution in [0.15, 0.2) is 0 Å². The van der Waals surface area contributed by atoms with Gasteiger partial charge in [-0.2, -0.15) is 0 Å². The van der Waals surface area contributed by atoms with Crippen molar-refractivity contribution in [3.63, 3.8) is 0 Å². The largest absolute Gasteiger partial charge is 0.391 e. The molecule has 3 aliphatic rings. The molecule has 4 heteroatoms. The highest BCUT2D eigenvalue weighted by molar-refractivity contribution is 14.1. The van der Waals surface area contributed by atoms with E-state index in [1.807, 2.05) is 0 Å². The number of aliphatic hydroxyl groups excluding tert-OH is 1. The van der Waals surface area contributed by atoms with Gasteiger partial charge in [0.1, 0.15) is 25.7 Å². The molecule has 3 rings (SSSR count). The third kappa shape index (κ3) is 1.56. The molecule has 17 heavy (non-hydrogen) atoms. The van der Waals surface area contributed by atoms with Crippen molar-refractivity contribution >= 4 is 22.6 Å². The van der Waals surface area contributed by atoms with Crippen molar-refractivity contribution < 1.29 is 14.3 Å². The average molecular weight is 352 g/mol. The summed E-state index contributed by atoms with van der Waals surface area (Å²) < 4.78 is 8.60. The summed E-state index contributed by atoms with van der Waals surface area (Å²) in [4.78, 5) is 0. The van der Waals surface area contributed by atoms with Crippen LogP contribution in [-0.4, -0.2) is 52.1 Å². The molecular formula is C13H23INO2+. The van der Waals surface area contributed by atoms with E-state index in [1.54, 1.807) is 0 Å². The highest BCUT2D eigenvalue weighted by Crippen LogP contribution is 2.56. The molecular weight excluding hydrogens is 329 g/mol. The zero-order valence-corrected chi connectivity index (χ0v) is 12.6. The van der Waals surface area contributed by atoms with Gasteiger partial charge in [0, 0.05) is 18.8 Å². The van der Waals surface area contributed by atoms with Crippen LogP contribution in [0.25, 0.3) is 0 Å². The standard InChI is InChI=1S/C13H23INO2/c14-10-12-9-11-3-1-2-4-13(11)15(12,5-7-16)6-8-17-13/h11-12,16H,1-10H2/q+1. The Morgan fingerprint density at radius 1 is 1.41 bits per heavy atom. The molecule has 0 amide bonds. The summed E-state index contributed by atoms with van der Waals surface area (Å²) >= 11 is 2.53. The number of aliphatic hydroxyl groups is 1. The molecule has 2 aliphatic heterocycles. The second-order valence-corrected chi connectivity index (χ2v) is 6.77. The number of rotatable bonds is 3. The Morgan fingerprint density at radius 3 is 3.06 bits per heavy atom. The first-order chi connectivity index (χ1) is 8.29. The summed E-state index contributed by atoms with van der Waals surface area (Å²) in [6.07, 6.45) is 6.59. The lowest BCUT2D eigenvalue weighted by molar-refractivity contribution is -0.986. The van der Waals surface area contributed by atoms with Crippen LogP contribution in [0.3, 0.4) is 0 Å². The van der Waals surface area contributed by atoms with E-state index in [0.717, 1.165) is 30.1 Å². The lowest BCUT2D eigenvalue weighted by atomic mass is 9.81. The number of nitrogens with zero attached hydrogens (tertiary/aromatic N) is 1. The Morgan fingerprint density at radius 2 is 2.29 bits per heavy atom. The zero-order valence-electron chi connectivity index (χ0n) is 10.4. The summed E-state index contributed by atoms with van der Waals surface area (Å²) in [5.41, 5.74) is 0.0941. The molecule has 1 N–H and O–H groups in total. The smallest absolute Gasteiger partial charge is 0.206 e. The van der Waals surface area contributed by atoms with E-state index in [1.165, 1.54) is 36.5 Å². The Balaban J connectivity index is 1.99. The SMILES string of the molecule is OCC[N+]12CCOC13CCCCC3CC2CI. The predicted molar refractivity (Wildman–Crippen MR) is 75.0 cm³/mol. The Bertz CT molecular complexity index is 301. The summed E-state index contributed by atoms with van der Waals surface area (Å²) in [6.45, 7) is 3.25. The first-order valence-corrected chi connectivity index (χ1v) is 8.49. The fourth-order valence-electron chi connectivity index (χ4n) is 4.86. The van der Waals surface area contributed by atoms with Crippen LogP contribution < -0.4 is 0 Å². The molecule has 2 heterocycles. The molecule has 1 aliphatic carbocycles. The number of ether oxygens (including phenoxy) is 1. The third-order valence-electron chi connectivity index (χ3n) is 5.50. The lowest BCUT2D eigenvalue weighted by Crippen LogP contribution is -2.64. The number of quaternary nitrogens is 1. The van der Waals surface area contributed by atoms with Crippen LogP contribution in [0.4, 0.5) is 0 Å². The van der Waals surface area contributed by atoms with Gasteiger partial charge in [0.05, 0.1) is 11.0 Å². The highest BCUT2D eigenvalue weighted by atomic mass is 127. The second-order valence-electron chi connectivity index (χ2n) is 5.88. The maximum Gasteiger partial charge on any atom is 0.206 e. The normalized spacial score (nSPS) is 49.1. The van der Waals surface area contributed by atoms with E-state index in [2.05, 4.69) is 22.6 Å². The Labute approximate surface area is 117 Å². The minimum atomic E-state index is 0.0941. The molecule has 0 aromatic rings. The van der Waals surface area contributed by atoms with E-state index < -0.39 is 0 Å². The predicted octanol–water partition coefficient (Wildman–Crippen LogP) is 1.92. The van der Waals surface area contributed by atoms with Crippen LogP contribution in [0.1, 0.15) is 32.1 Å². The quantitative estimate of drug-likeness (QED) is 0.478. The Hall–Kier alpha value is 0.610. The molecule has 3 fully saturated rings. The molecule has 0 aromatic heterocycles. The maximum absolute atomic E-state index is 9.50. The van der Waals surface area contributed by atoms with Crippen LogP contribution in [0.5, 0.6) is 0 Å². The molecule has 1 spiro atoms. The van der Waals surface area contributed by atoms with Gasteiger partial charge in [-0.25, -0.2) is 0 Å². The molecule has 0 aromatic carbocycles. The van der Waals surface area contributed by atoms with Gasteiger partial charge in [0.15, 0.2) is 0 Å². The average Bonchev–Trinajstić information content (AvgIpc) is 2.80. The first-order valence-electron chi connectivity index (χ1n) is 6.97. The van der Waals surface area contributed by atoms with Gasteiger partial charge in [-0.05, 0) is 12.8 Å². The van der Waals surface area contributed by atoms with Gasteiger partial charge in [-0.1, -0.05) is 29.0 Å². The maximum atomic E-state index is 9.50. The van der Waals surface area contributed by atoms with Crippen molar-refractivity contribution in [1.29, 1.82) is 0 Å². The van der Waals surface area contributed by atoms with Gasteiger partial charge in [0.25, 0.3) is 0 Å². The number of hydrogen-bond acceptors (Lipinski definition) is 2. The van der Waals surface area contributed by atoms with Gasteiger partial charge in [-0.15, -0.1) is 0 Å². The van der Waals surface area contributed by atoms with Crippen LogP contribution in [-0.2, 0) is 4.74 Å². The Kier molecular flexibility index (Phi) is 3.43. The molecule has 4 unspecified atom stereocenters. The number of alkyl halides is 1. The van der Waals surface area contributed by atoms with Crippen molar-refractivity contribution in [3.05, 3.63) is 0 Å². The molecule has 4 atom stereocenters. The van der Waals surface area contributed by atoms with E-state index in [9.17, 15) is 5.11 Å². The minimum Gasteiger partial charge on any atom is -0.391 e. The number of hydrogen-bond donors (Lipinski definition) is 1. The molecule has 98 valence electrons. The van der Waals surface area contributed by atoms with Crippen molar-refractivity contribution in [3.8, 4) is 0 Å². The molecule has 2 saturated heterocycles.